The van der Waals surface area contributed by atoms with Crippen molar-refractivity contribution in [1.82, 2.24) is 5.32 Å². The monoisotopic (exact) mass is 316 g/mol. The molecule has 2 fully saturated rings. The first-order valence-corrected chi connectivity index (χ1v) is 9.19. The van der Waals surface area contributed by atoms with Gasteiger partial charge in [0.15, 0.2) is 0 Å². The molecule has 0 saturated heterocycles. The minimum absolute atomic E-state index is 0.0619. The second-order valence-electron chi connectivity index (χ2n) is 7.38. The Morgan fingerprint density at radius 1 is 1.04 bits per heavy atom. The highest BCUT2D eigenvalue weighted by atomic mass is 16.6. The molecule has 0 heterocycles. The van der Waals surface area contributed by atoms with E-state index in [0.29, 0.717) is 6.04 Å². The summed E-state index contributed by atoms with van der Waals surface area (Å²) in [7, 11) is 0. The summed E-state index contributed by atoms with van der Waals surface area (Å²) in [5.74, 6) is 0. The van der Waals surface area contributed by atoms with Crippen molar-refractivity contribution < 1.29 is 4.92 Å². The summed E-state index contributed by atoms with van der Waals surface area (Å²) in [5, 5.41) is 15.3. The molecular formula is C19H28N2O2. The predicted molar refractivity (Wildman–Crippen MR) is 92.6 cm³/mol. The van der Waals surface area contributed by atoms with Crippen LogP contribution in [0.25, 0.3) is 0 Å². The number of nitro benzene ring substituents is 1. The highest BCUT2D eigenvalue weighted by molar-refractivity contribution is 5.41. The molecule has 0 unspecified atom stereocenters. The van der Waals surface area contributed by atoms with Crippen molar-refractivity contribution >= 4 is 5.69 Å². The van der Waals surface area contributed by atoms with E-state index in [9.17, 15) is 10.1 Å². The van der Waals surface area contributed by atoms with Gasteiger partial charge in [-0.05, 0) is 32.1 Å². The van der Waals surface area contributed by atoms with E-state index in [1.165, 1.54) is 51.4 Å². The number of hydrogen-bond acceptors (Lipinski definition) is 3. The topological polar surface area (TPSA) is 55.2 Å². The van der Waals surface area contributed by atoms with Crippen molar-refractivity contribution in [3.8, 4) is 0 Å². The van der Waals surface area contributed by atoms with Gasteiger partial charge in [-0.25, -0.2) is 0 Å². The van der Waals surface area contributed by atoms with E-state index in [4.69, 9.17) is 0 Å². The van der Waals surface area contributed by atoms with Gasteiger partial charge in [0.2, 0.25) is 0 Å². The molecule has 0 radical (unpaired) electrons. The van der Waals surface area contributed by atoms with E-state index in [2.05, 4.69) is 5.32 Å². The fourth-order valence-corrected chi connectivity index (χ4v) is 4.48. The van der Waals surface area contributed by atoms with Crippen molar-refractivity contribution in [2.24, 2.45) is 0 Å². The van der Waals surface area contributed by atoms with E-state index in [1.807, 2.05) is 12.1 Å². The number of nitrogens with one attached hydrogen (secondary N) is 1. The molecule has 1 N–H and O–H groups in total. The van der Waals surface area contributed by atoms with Crippen LogP contribution in [0.3, 0.4) is 0 Å². The Kier molecular flexibility index (Phi) is 5.31. The summed E-state index contributed by atoms with van der Waals surface area (Å²) in [4.78, 5) is 11.1. The van der Waals surface area contributed by atoms with Gasteiger partial charge < -0.3 is 5.32 Å². The lowest BCUT2D eigenvalue weighted by molar-refractivity contribution is -0.385. The van der Waals surface area contributed by atoms with Crippen LogP contribution in [-0.4, -0.2) is 16.5 Å². The highest BCUT2D eigenvalue weighted by Gasteiger charge is 2.36. The lowest BCUT2D eigenvalue weighted by Gasteiger charge is -2.42. The van der Waals surface area contributed by atoms with Gasteiger partial charge in [-0.1, -0.05) is 56.7 Å². The standard InChI is InChI=1S/C19H28N2O2/c22-21(23)18-12-6-5-9-16(18)15-19(13-7-2-8-14-19)20-17-10-3-1-4-11-17/h5-6,9,12,17,20H,1-4,7-8,10-11,13-15H2. The summed E-state index contributed by atoms with van der Waals surface area (Å²) < 4.78 is 0. The molecule has 0 aliphatic heterocycles. The summed E-state index contributed by atoms with van der Waals surface area (Å²) in [5.41, 5.74) is 1.23. The third kappa shape index (κ3) is 4.11. The lowest BCUT2D eigenvalue weighted by atomic mass is 9.76. The highest BCUT2D eigenvalue weighted by Crippen LogP contribution is 2.35. The predicted octanol–water partition coefficient (Wildman–Crippen LogP) is 4.76. The molecule has 3 rings (SSSR count). The molecule has 1 aromatic carbocycles. The molecule has 2 aliphatic carbocycles. The molecule has 0 amide bonds. The molecule has 23 heavy (non-hydrogen) atoms. The average molecular weight is 316 g/mol. The van der Waals surface area contributed by atoms with E-state index in [0.717, 1.165) is 24.8 Å². The molecular weight excluding hydrogens is 288 g/mol. The zero-order chi connectivity index (χ0) is 16.1. The van der Waals surface area contributed by atoms with Crippen molar-refractivity contribution in [3.63, 3.8) is 0 Å². The Morgan fingerprint density at radius 2 is 1.70 bits per heavy atom. The molecule has 0 aromatic heterocycles. The van der Waals surface area contributed by atoms with Crippen molar-refractivity contribution in [2.75, 3.05) is 0 Å². The molecule has 4 heteroatoms. The van der Waals surface area contributed by atoms with Crippen LogP contribution in [0.4, 0.5) is 5.69 Å². The van der Waals surface area contributed by atoms with Gasteiger partial charge in [-0.3, -0.25) is 10.1 Å². The van der Waals surface area contributed by atoms with Crippen LogP contribution in [0.15, 0.2) is 24.3 Å². The minimum atomic E-state index is -0.230. The van der Waals surface area contributed by atoms with Crippen LogP contribution >= 0.6 is 0 Å². The quantitative estimate of drug-likeness (QED) is 0.629. The normalized spacial score (nSPS) is 21.9. The first-order chi connectivity index (χ1) is 11.2. The van der Waals surface area contributed by atoms with Crippen molar-refractivity contribution in [3.05, 3.63) is 39.9 Å². The Hall–Kier alpha value is -1.42. The van der Waals surface area contributed by atoms with Gasteiger partial charge in [0.1, 0.15) is 0 Å². The van der Waals surface area contributed by atoms with Crippen LogP contribution in [-0.2, 0) is 6.42 Å². The molecule has 1 aromatic rings. The third-order valence-electron chi connectivity index (χ3n) is 5.64. The minimum Gasteiger partial charge on any atom is -0.308 e. The number of hydrogen-bond donors (Lipinski definition) is 1. The largest absolute Gasteiger partial charge is 0.308 e. The van der Waals surface area contributed by atoms with Crippen LogP contribution in [0, 0.1) is 10.1 Å². The van der Waals surface area contributed by atoms with Crippen LogP contribution in [0.1, 0.15) is 69.8 Å². The maximum Gasteiger partial charge on any atom is 0.272 e. The summed E-state index contributed by atoms with van der Waals surface area (Å²) in [6.07, 6.45) is 13.4. The number of para-hydroxylation sites is 1. The Labute approximate surface area is 138 Å². The van der Waals surface area contributed by atoms with Gasteiger partial charge >= 0.3 is 0 Å². The number of benzene rings is 1. The summed E-state index contributed by atoms with van der Waals surface area (Å²) >= 11 is 0. The maximum absolute atomic E-state index is 11.3. The molecule has 126 valence electrons. The number of rotatable bonds is 5. The smallest absolute Gasteiger partial charge is 0.272 e. The van der Waals surface area contributed by atoms with Gasteiger partial charge in [-0.2, -0.15) is 0 Å². The third-order valence-corrected chi connectivity index (χ3v) is 5.64. The fraction of sp³-hybridized carbons (Fsp3) is 0.684. The van der Waals surface area contributed by atoms with Gasteiger partial charge in [0, 0.05) is 23.2 Å². The van der Waals surface area contributed by atoms with Crippen molar-refractivity contribution in [2.45, 2.75) is 82.2 Å². The maximum atomic E-state index is 11.3. The van der Waals surface area contributed by atoms with Crippen LogP contribution in [0.2, 0.25) is 0 Å². The average Bonchev–Trinajstić information content (AvgIpc) is 2.57. The SMILES string of the molecule is O=[N+]([O-])c1ccccc1CC1(NC2CCCCC2)CCCCC1. The molecule has 4 nitrogen and oxygen atoms in total. The molecule has 0 spiro atoms. The first-order valence-electron chi connectivity index (χ1n) is 9.19. The lowest BCUT2D eigenvalue weighted by Crippen LogP contribution is -2.53. The molecule has 2 saturated carbocycles. The zero-order valence-corrected chi connectivity index (χ0v) is 13.9. The van der Waals surface area contributed by atoms with Gasteiger partial charge in [0.25, 0.3) is 5.69 Å². The Morgan fingerprint density at radius 3 is 2.39 bits per heavy atom. The molecule has 2 aliphatic rings. The Balaban J connectivity index is 1.80. The van der Waals surface area contributed by atoms with Crippen LogP contribution in [0.5, 0.6) is 0 Å². The van der Waals surface area contributed by atoms with Crippen LogP contribution < -0.4 is 5.32 Å². The molecule has 0 atom stereocenters. The van der Waals surface area contributed by atoms with E-state index in [-0.39, 0.29) is 16.1 Å². The van der Waals surface area contributed by atoms with Gasteiger partial charge in [0.05, 0.1) is 4.92 Å². The van der Waals surface area contributed by atoms with E-state index < -0.39 is 0 Å². The first kappa shape index (κ1) is 16.4. The number of nitro groups is 1. The molecule has 0 bridgehead atoms. The summed E-state index contributed by atoms with van der Waals surface area (Å²) in [6, 6.07) is 7.89. The Bertz CT molecular complexity index is 532. The second kappa shape index (κ2) is 7.43. The number of nitrogens with zero attached hydrogens (tertiary/aromatic N) is 1. The van der Waals surface area contributed by atoms with E-state index in [1.54, 1.807) is 12.1 Å². The van der Waals surface area contributed by atoms with E-state index >= 15 is 0 Å². The van der Waals surface area contributed by atoms with Crippen molar-refractivity contribution in [1.29, 1.82) is 0 Å². The fourth-order valence-electron chi connectivity index (χ4n) is 4.48. The summed E-state index contributed by atoms with van der Waals surface area (Å²) in [6.45, 7) is 0. The zero-order valence-electron chi connectivity index (χ0n) is 13.9. The second-order valence-corrected chi connectivity index (χ2v) is 7.38. The van der Waals surface area contributed by atoms with Gasteiger partial charge in [-0.15, -0.1) is 0 Å².